The van der Waals surface area contributed by atoms with Crippen LogP contribution in [-0.2, 0) is 4.79 Å². The van der Waals surface area contributed by atoms with Crippen molar-refractivity contribution in [1.82, 2.24) is 0 Å². The van der Waals surface area contributed by atoms with Crippen molar-refractivity contribution in [3.63, 3.8) is 0 Å². The number of rotatable bonds is 4. The minimum Gasteiger partial charge on any atom is -0.288 e. The number of para-hydroxylation sites is 1. The van der Waals surface area contributed by atoms with Crippen LogP contribution in [0, 0.1) is 0 Å². The molecule has 0 fully saturated rings. The van der Waals surface area contributed by atoms with Crippen LogP contribution in [0.25, 0.3) is 0 Å². The summed E-state index contributed by atoms with van der Waals surface area (Å²) in [7, 11) is 0. The molecule has 0 heterocycles. The zero-order chi connectivity index (χ0) is 10.4. The van der Waals surface area contributed by atoms with Gasteiger partial charge in [-0.2, -0.15) is 0 Å². The largest absolute Gasteiger partial charge is 0.288 e. The van der Waals surface area contributed by atoms with Gasteiger partial charge < -0.3 is 0 Å². The topological polar surface area (TPSA) is 20.3 Å². The van der Waals surface area contributed by atoms with E-state index in [1.807, 2.05) is 37.3 Å². The number of benzene rings is 1. The second kappa shape index (κ2) is 5.22. The second-order valence-electron chi connectivity index (χ2n) is 3.03. The molecule has 0 aromatic heterocycles. The average Bonchev–Trinajstić information content (AvgIpc) is 2.21. The van der Waals surface area contributed by atoms with Crippen molar-refractivity contribution in [3.05, 3.63) is 43.1 Å². The third-order valence-electron chi connectivity index (χ3n) is 1.95. The van der Waals surface area contributed by atoms with Crippen molar-refractivity contribution >= 4 is 11.6 Å². The lowest BCUT2D eigenvalue weighted by atomic mass is 10.2. The molecule has 1 aromatic carbocycles. The molecule has 0 radical (unpaired) electrons. The maximum absolute atomic E-state index is 11.6. The summed E-state index contributed by atoms with van der Waals surface area (Å²) < 4.78 is 0. The summed E-state index contributed by atoms with van der Waals surface area (Å²) in [4.78, 5) is 13.2. The maximum atomic E-state index is 11.6. The van der Waals surface area contributed by atoms with Gasteiger partial charge in [0.1, 0.15) is 0 Å². The zero-order valence-corrected chi connectivity index (χ0v) is 8.44. The Balaban J connectivity index is 2.82. The van der Waals surface area contributed by atoms with Gasteiger partial charge in [-0.1, -0.05) is 31.7 Å². The molecular formula is C12H15NO. The Morgan fingerprint density at radius 3 is 2.57 bits per heavy atom. The van der Waals surface area contributed by atoms with E-state index in [-0.39, 0.29) is 5.91 Å². The lowest BCUT2D eigenvalue weighted by Gasteiger charge is -2.17. The molecule has 1 amide bonds. The molecule has 0 saturated heterocycles. The van der Waals surface area contributed by atoms with Crippen LogP contribution >= 0.6 is 0 Å². The van der Waals surface area contributed by atoms with Crippen LogP contribution in [0.4, 0.5) is 5.69 Å². The molecule has 0 aliphatic rings. The Morgan fingerprint density at radius 2 is 2.07 bits per heavy atom. The van der Waals surface area contributed by atoms with Crippen molar-refractivity contribution in [2.45, 2.75) is 19.8 Å². The molecule has 1 rings (SSSR count). The molecule has 14 heavy (non-hydrogen) atoms. The van der Waals surface area contributed by atoms with Crippen molar-refractivity contribution in [2.75, 3.05) is 4.90 Å². The standard InChI is InChI=1S/C12H15NO/c1-3-8-12(14)13(4-2)11-9-6-5-7-10-11/h4-7,9-10H,2-3,8H2,1H3. The van der Waals surface area contributed by atoms with Crippen LogP contribution in [0.5, 0.6) is 0 Å². The van der Waals surface area contributed by atoms with Crippen LogP contribution in [0.3, 0.4) is 0 Å². The molecule has 0 saturated carbocycles. The number of carbonyl (C=O) groups excluding carboxylic acids is 1. The first-order chi connectivity index (χ1) is 6.79. The molecule has 0 aliphatic carbocycles. The van der Waals surface area contributed by atoms with Crippen LogP contribution in [0.2, 0.25) is 0 Å². The van der Waals surface area contributed by atoms with Gasteiger partial charge in [0.05, 0.1) is 0 Å². The molecule has 2 heteroatoms. The zero-order valence-electron chi connectivity index (χ0n) is 8.44. The van der Waals surface area contributed by atoms with Crippen LogP contribution in [0.15, 0.2) is 43.1 Å². The fourth-order valence-electron chi connectivity index (χ4n) is 1.27. The van der Waals surface area contributed by atoms with Gasteiger partial charge >= 0.3 is 0 Å². The Hall–Kier alpha value is -1.57. The fourth-order valence-corrected chi connectivity index (χ4v) is 1.27. The van der Waals surface area contributed by atoms with Gasteiger partial charge in [0, 0.05) is 18.3 Å². The van der Waals surface area contributed by atoms with Crippen LogP contribution in [0.1, 0.15) is 19.8 Å². The second-order valence-corrected chi connectivity index (χ2v) is 3.03. The molecule has 0 unspecified atom stereocenters. The highest BCUT2D eigenvalue weighted by molar-refractivity contribution is 5.94. The van der Waals surface area contributed by atoms with E-state index in [2.05, 4.69) is 6.58 Å². The van der Waals surface area contributed by atoms with E-state index in [0.29, 0.717) is 6.42 Å². The van der Waals surface area contributed by atoms with Gasteiger partial charge in [0.15, 0.2) is 0 Å². The number of nitrogens with zero attached hydrogens (tertiary/aromatic N) is 1. The van der Waals surface area contributed by atoms with Gasteiger partial charge in [-0.25, -0.2) is 0 Å². The number of hydrogen-bond acceptors (Lipinski definition) is 1. The van der Waals surface area contributed by atoms with Crippen LogP contribution < -0.4 is 4.90 Å². The third kappa shape index (κ3) is 2.46. The predicted molar refractivity (Wildman–Crippen MR) is 59.0 cm³/mol. The Labute approximate surface area is 84.9 Å². The smallest absolute Gasteiger partial charge is 0.231 e. The van der Waals surface area contributed by atoms with E-state index in [4.69, 9.17) is 0 Å². The summed E-state index contributed by atoms with van der Waals surface area (Å²) >= 11 is 0. The molecule has 0 atom stereocenters. The number of anilines is 1. The highest BCUT2D eigenvalue weighted by Crippen LogP contribution is 2.14. The monoisotopic (exact) mass is 189 g/mol. The highest BCUT2D eigenvalue weighted by atomic mass is 16.2. The molecule has 1 aromatic rings. The summed E-state index contributed by atoms with van der Waals surface area (Å²) in [6.45, 7) is 5.64. The average molecular weight is 189 g/mol. The van der Waals surface area contributed by atoms with E-state index < -0.39 is 0 Å². The molecule has 0 aliphatic heterocycles. The summed E-state index contributed by atoms with van der Waals surface area (Å²) in [5, 5.41) is 0. The van der Waals surface area contributed by atoms with Gasteiger partial charge in [0.25, 0.3) is 0 Å². The minimum absolute atomic E-state index is 0.0914. The summed E-state index contributed by atoms with van der Waals surface area (Å²) in [5.41, 5.74) is 0.876. The van der Waals surface area contributed by atoms with E-state index in [1.165, 1.54) is 0 Å². The number of hydrogen-bond donors (Lipinski definition) is 0. The van der Waals surface area contributed by atoms with Crippen molar-refractivity contribution < 1.29 is 4.79 Å². The number of amides is 1. The van der Waals surface area contributed by atoms with Crippen molar-refractivity contribution in [3.8, 4) is 0 Å². The third-order valence-corrected chi connectivity index (χ3v) is 1.95. The minimum atomic E-state index is 0.0914. The first-order valence-electron chi connectivity index (χ1n) is 4.79. The normalized spacial score (nSPS) is 9.50. The van der Waals surface area contributed by atoms with Crippen molar-refractivity contribution in [1.29, 1.82) is 0 Å². The summed E-state index contributed by atoms with van der Waals surface area (Å²) in [5.74, 6) is 0.0914. The van der Waals surface area contributed by atoms with Gasteiger partial charge in [0.2, 0.25) is 5.91 Å². The Morgan fingerprint density at radius 1 is 1.43 bits per heavy atom. The van der Waals surface area contributed by atoms with E-state index in [9.17, 15) is 4.79 Å². The molecule has 0 bridgehead atoms. The van der Waals surface area contributed by atoms with E-state index >= 15 is 0 Å². The first-order valence-corrected chi connectivity index (χ1v) is 4.79. The predicted octanol–water partition coefficient (Wildman–Crippen LogP) is 2.96. The molecule has 0 spiro atoms. The summed E-state index contributed by atoms with van der Waals surface area (Å²) in [6.07, 6.45) is 2.98. The highest BCUT2D eigenvalue weighted by Gasteiger charge is 2.10. The fraction of sp³-hybridized carbons (Fsp3) is 0.250. The quantitative estimate of drug-likeness (QED) is 0.713. The van der Waals surface area contributed by atoms with Gasteiger partial charge in [-0.3, -0.25) is 9.69 Å². The maximum Gasteiger partial charge on any atom is 0.231 e. The Kier molecular flexibility index (Phi) is 3.92. The summed E-state index contributed by atoms with van der Waals surface area (Å²) in [6, 6.07) is 9.54. The lowest BCUT2D eigenvalue weighted by molar-refractivity contribution is -0.118. The van der Waals surface area contributed by atoms with Gasteiger partial charge in [-0.05, 0) is 18.6 Å². The molecular weight excluding hydrogens is 174 g/mol. The van der Waals surface area contributed by atoms with E-state index in [1.54, 1.807) is 11.1 Å². The van der Waals surface area contributed by atoms with Crippen LogP contribution in [-0.4, -0.2) is 5.91 Å². The van der Waals surface area contributed by atoms with Crippen molar-refractivity contribution in [2.24, 2.45) is 0 Å². The molecule has 74 valence electrons. The number of carbonyl (C=O) groups is 1. The van der Waals surface area contributed by atoms with Gasteiger partial charge in [-0.15, -0.1) is 0 Å². The Bertz CT molecular complexity index is 305. The molecule has 2 nitrogen and oxygen atoms in total. The molecule has 0 N–H and O–H groups in total. The van der Waals surface area contributed by atoms with E-state index in [0.717, 1.165) is 12.1 Å². The first kappa shape index (κ1) is 10.5. The lowest BCUT2D eigenvalue weighted by Crippen LogP contribution is -2.24. The SMILES string of the molecule is C=CN(C(=O)CCC)c1ccccc1.